The number of benzene rings is 2. The first-order chi connectivity index (χ1) is 29.1. The monoisotopic (exact) mass is 846 g/mol. The molecule has 10 atom stereocenters. The van der Waals surface area contributed by atoms with E-state index in [4.69, 9.17) is 20.8 Å². The number of aryl methyl sites for hydroxylation is 1. The predicted octanol–water partition coefficient (Wildman–Crippen LogP) is 2.51. The Kier molecular flexibility index (Phi) is 16.9. The van der Waals surface area contributed by atoms with Gasteiger partial charge in [-0.15, -0.1) is 0 Å². The SMILES string of the molecule is CCCCc1ccc(-c2ccc(C(=O)N[C@@H](CCCCN)C(=O)N[C@H](C(=O)N[C@@H](C)C(=O)N[C@@H](CCN)C(=O)N[C@@H](C)B3OC4C[C@@H]5C[C@H](C4O3)C5(C)C)[C@@H](C)O)cc2)cc1. The molecular weight excluding hydrogens is 777 g/mol. The number of aliphatic hydroxyl groups excluding tert-OH is 1. The molecule has 4 fully saturated rings. The van der Waals surface area contributed by atoms with E-state index in [1.165, 1.54) is 19.4 Å². The summed E-state index contributed by atoms with van der Waals surface area (Å²) in [6.07, 6.45) is 5.41. The maximum absolute atomic E-state index is 13.7. The second-order valence-electron chi connectivity index (χ2n) is 17.8. The number of nitrogens with one attached hydrogen (secondary N) is 5. The fourth-order valence-electron chi connectivity index (χ4n) is 8.81. The Morgan fingerprint density at radius 2 is 1.39 bits per heavy atom. The average molecular weight is 846 g/mol. The summed E-state index contributed by atoms with van der Waals surface area (Å²) < 4.78 is 12.5. The minimum absolute atomic E-state index is 0.00583. The fraction of sp³-hybridized carbons (Fsp3) is 0.622. The molecular formula is C45H68BN7O8. The van der Waals surface area contributed by atoms with Crippen molar-refractivity contribution in [3.8, 4) is 11.1 Å². The molecule has 16 heteroatoms. The van der Waals surface area contributed by atoms with Gasteiger partial charge in [0, 0.05) is 5.56 Å². The van der Waals surface area contributed by atoms with Crippen LogP contribution in [0, 0.1) is 17.3 Å². The van der Waals surface area contributed by atoms with Crippen LogP contribution >= 0.6 is 0 Å². The van der Waals surface area contributed by atoms with Gasteiger partial charge >= 0.3 is 7.12 Å². The summed E-state index contributed by atoms with van der Waals surface area (Å²) >= 11 is 0. The molecule has 3 aliphatic carbocycles. The molecule has 0 radical (unpaired) electrons. The second-order valence-corrected chi connectivity index (χ2v) is 17.8. The number of carbonyl (C=O) groups is 5. The zero-order valence-electron chi connectivity index (χ0n) is 36.7. The van der Waals surface area contributed by atoms with E-state index < -0.39 is 72.9 Å². The zero-order chi connectivity index (χ0) is 44.4. The Balaban J connectivity index is 1.14. The number of hydrogen-bond donors (Lipinski definition) is 8. The lowest BCUT2D eigenvalue weighted by Gasteiger charge is -2.60. The molecule has 1 saturated heterocycles. The van der Waals surface area contributed by atoms with Gasteiger partial charge in [-0.3, -0.25) is 24.0 Å². The van der Waals surface area contributed by atoms with Gasteiger partial charge in [-0.2, -0.15) is 0 Å². The maximum atomic E-state index is 13.7. The van der Waals surface area contributed by atoms with Crippen LogP contribution in [0.2, 0.25) is 0 Å². The molecule has 1 aliphatic heterocycles. The Labute approximate surface area is 361 Å². The quantitative estimate of drug-likeness (QED) is 0.0637. The van der Waals surface area contributed by atoms with E-state index in [1.807, 2.05) is 12.1 Å². The third-order valence-electron chi connectivity index (χ3n) is 12.9. The molecule has 6 rings (SSSR count). The Bertz CT molecular complexity index is 1810. The number of unbranched alkanes of at least 4 members (excludes halogenated alkanes) is 2. The van der Waals surface area contributed by atoms with Gasteiger partial charge in [-0.25, -0.2) is 0 Å². The van der Waals surface area contributed by atoms with E-state index in [2.05, 4.69) is 71.6 Å². The number of nitrogens with two attached hydrogens (primary N) is 2. The zero-order valence-corrected chi connectivity index (χ0v) is 36.7. The molecule has 2 aromatic rings. The normalized spacial score (nSPS) is 22.9. The first-order valence-electron chi connectivity index (χ1n) is 22.2. The molecule has 4 aliphatic rings. The van der Waals surface area contributed by atoms with E-state index >= 15 is 0 Å². The van der Waals surface area contributed by atoms with Crippen LogP contribution in [-0.2, 0) is 34.9 Å². The maximum Gasteiger partial charge on any atom is 0.481 e. The van der Waals surface area contributed by atoms with Gasteiger partial charge in [0.2, 0.25) is 23.6 Å². The van der Waals surface area contributed by atoms with Gasteiger partial charge in [0.1, 0.15) is 24.2 Å². The first-order valence-corrected chi connectivity index (χ1v) is 22.2. The highest BCUT2D eigenvalue weighted by Crippen LogP contribution is 2.61. The lowest BCUT2D eigenvalue weighted by Crippen LogP contribution is -2.60. The highest BCUT2D eigenvalue weighted by Gasteiger charge is 2.62. The second kappa shape index (κ2) is 21.6. The number of aliphatic hydroxyl groups is 1. The predicted molar refractivity (Wildman–Crippen MR) is 235 cm³/mol. The Hall–Kier alpha value is -4.35. The first kappa shape index (κ1) is 47.7. The molecule has 3 saturated carbocycles. The molecule has 0 aromatic heterocycles. The Morgan fingerprint density at radius 3 is 2.00 bits per heavy atom. The van der Waals surface area contributed by atoms with Crippen LogP contribution in [-0.4, -0.2) is 103 Å². The van der Waals surface area contributed by atoms with E-state index in [-0.39, 0.29) is 37.0 Å². The van der Waals surface area contributed by atoms with Crippen LogP contribution in [0.4, 0.5) is 0 Å². The molecule has 2 unspecified atom stereocenters. The van der Waals surface area contributed by atoms with Gasteiger partial charge in [0.15, 0.2) is 0 Å². The van der Waals surface area contributed by atoms with E-state index in [0.29, 0.717) is 36.8 Å². The number of carbonyl (C=O) groups excluding carboxylic acids is 5. The third kappa shape index (κ3) is 12.0. The van der Waals surface area contributed by atoms with Crippen molar-refractivity contribution in [2.75, 3.05) is 13.1 Å². The summed E-state index contributed by atoms with van der Waals surface area (Å²) in [6, 6.07) is 10.7. The van der Waals surface area contributed by atoms with Crippen molar-refractivity contribution in [3.63, 3.8) is 0 Å². The van der Waals surface area contributed by atoms with Gasteiger partial charge in [0.05, 0.1) is 24.3 Å². The number of amides is 5. The lowest BCUT2D eigenvalue weighted by molar-refractivity contribution is -0.150. The smallest absolute Gasteiger partial charge is 0.404 e. The van der Waals surface area contributed by atoms with Crippen LogP contribution in [0.1, 0.15) is 109 Å². The van der Waals surface area contributed by atoms with Crippen molar-refractivity contribution in [1.29, 1.82) is 0 Å². The van der Waals surface area contributed by atoms with Crippen molar-refractivity contribution in [2.45, 2.75) is 148 Å². The van der Waals surface area contributed by atoms with Crippen LogP contribution in [0.25, 0.3) is 11.1 Å². The average Bonchev–Trinajstić information content (AvgIpc) is 3.69. The summed E-state index contributed by atoms with van der Waals surface area (Å²) in [6.45, 7) is 11.7. The van der Waals surface area contributed by atoms with Crippen LogP contribution in [0.15, 0.2) is 48.5 Å². The van der Waals surface area contributed by atoms with Gasteiger partial charge in [-0.1, -0.05) is 63.6 Å². The molecule has 2 bridgehead atoms. The summed E-state index contributed by atoms with van der Waals surface area (Å²) in [4.78, 5) is 67.4. The highest BCUT2D eigenvalue weighted by atomic mass is 16.7. The van der Waals surface area contributed by atoms with Crippen LogP contribution in [0.5, 0.6) is 0 Å². The minimum Gasteiger partial charge on any atom is -0.404 e. The number of hydrogen-bond acceptors (Lipinski definition) is 10. The summed E-state index contributed by atoms with van der Waals surface area (Å²) in [7, 11) is -0.627. The van der Waals surface area contributed by atoms with Crippen molar-refractivity contribution in [3.05, 3.63) is 59.7 Å². The van der Waals surface area contributed by atoms with E-state index in [1.54, 1.807) is 19.1 Å². The van der Waals surface area contributed by atoms with E-state index in [9.17, 15) is 29.1 Å². The van der Waals surface area contributed by atoms with Crippen molar-refractivity contribution >= 4 is 36.7 Å². The molecule has 10 N–H and O–H groups in total. The van der Waals surface area contributed by atoms with Gasteiger partial charge < -0.3 is 52.5 Å². The topological polar surface area (TPSA) is 236 Å². The molecule has 5 amide bonds. The summed E-state index contributed by atoms with van der Waals surface area (Å²) in [5, 5.41) is 24.1. The largest absolute Gasteiger partial charge is 0.481 e. The highest BCUT2D eigenvalue weighted by molar-refractivity contribution is 6.47. The molecule has 15 nitrogen and oxygen atoms in total. The molecule has 0 spiro atoms. The molecule has 334 valence electrons. The standard InChI is InChI=1S/C45H68BN7O8/c1-7-8-11-29-13-15-30(16-14-29)31-17-19-32(20-18-31)41(56)52-35(12-9-10-22-47)43(58)53-38(27(3)54)44(59)49-26(2)40(55)51-36(21-23-48)42(57)50-28(4)46-60-37-25-33-24-34(39(37)61-46)45(33,5)6/h13-20,26-28,33-39,54H,7-12,21-25,47-48H2,1-6H3,(H,49,59)(H,50,57)(H,51,55)(H,52,56)(H,53,58)/t26-,27+,28-,33-,34+,35-,36-,37?,38-,39?/m0/s1. The summed E-state index contributed by atoms with van der Waals surface area (Å²) in [5.41, 5.74) is 15.3. The molecule has 61 heavy (non-hydrogen) atoms. The Morgan fingerprint density at radius 1 is 0.754 bits per heavy atom. The lowest BCUT2D eigenvalue weighted by atomic mass is 9.47. The van der Waals surface area contributed by atoms with Crippen molar-refractivity contribution in [1.82, 2.24) is 26.6 Å². The van der Waals surface area contributed by atoms with Crippen molar-refractivity contribution in [2.24, 2.45) is 28.7 Å². The van der Waals surface area contributed by atoms with Crippen LogP contribution in [0.3, 0.4) is 0 Å². The van der Waals surface area contributed by atoms with Crippen LogP contribution < -0.4 is 38.1 Å². The van der Waals surface area contributed by atoms with Gasteiger partial charge in [0.25, 0.3) is 5.91 Å². The molecule has 1 heterocycles. The van der Waals surface area contributed by atoms with E-state index in [0.717, 1.165) is 43.2 Å². The minimum atomic E-state index is -1.47. The number of rotatable bonds is 22. The fourth-order valence-corrected chi connectivity index (χ4v) is 8.81. The third-order valence-corrected chi connectivity index (χ3v) is 12.9. The summed E-state index contributed by atoms with van der Waals surface area (Å²) in [5.74, 6) is -2.65. The molecule has 2 aromatic carbocycles. The van der Waals surface area contributed by atoms with Gasteiger partial charge in [-0.05, 0) is 131 Å². The van der Waals surface area contributed by atoms with Crippen molar-refractivity contribution < 1.29 is 38.4 Å².